The summed E-state index contributed by atoms with van der Waals surface area (Å²) in [6.45, 7) is 1.95. The Labute approximate surface area is 94.8 Å². The third kappa shape index (κ3) is 2.33. The molecule has 15 heavy (non-hydrogen) atoms. The number of nitrogens with zero attached hydrogens (tertiary/aromatic N) is 1. The topological polar surface area (TPSA) is 23.5 Å². The van der Waals surface area contributed by atoms with Gasteiger partial charge in [0.2, 0.25) is 0 Å². The Balaban J connectivity index is 2.30. The van der Waals surface area contributed by atoms with Crippen LogP contribution in [0.2, 0.25) is 5.02 Å². The number of aliphatic hydroxyl groups is 1. The minimum absolute atomic E-state index is 0.0378. The molecule has 2 rings (SSSR count). The van der Waals surface area contributed by atoms with Crippen molar-refractivity contribution in [2.24, 2.45) is 0 Å². The summed E-state index contributed by atoms with van der Waals surface area (Å²) >= 11 is 5.89. The fraction of sp³-hybridized carbons (Fsp3) is 0.333. The van der Waals surface area contributed by atoms with E-state index in [2.05, 4.69) is 17.1 Å². The molecule has 0 fully saturated rings. The van der Waals surface area contributed by atoms with Gasteiger partial charge in [0.05, 0.1) is 6.61 Å². The Morgan fingerprint density at radius 3 is 2.87 bits per heavy atom. The molecule has 0 saturated heterocycles. The molecule has 0 bridgehead atoms. The molecule has 0 unspecified atom stereocenters. The molecule has 1 aliphatic heterocycles. The third-order valence-electron chi connectivity index (χ3n) is 2.61. The lowest BCUT2D eigenvalue weighted by atomic mass is 10.1. The summed E-state index contributed by atoms with van der Waals surface area (Å²) in [5.74, 6) is 0. The van der Waals surface area contributed by atoms with Gasteiger partial charge in [0.15, 0.2) is 0 Å². The SMILES string of the molecule is OCc1cc(Cl)ccc1N1CC=CCC1. The van der Waals surface area contributed by atoms with Crippen LogP contribution in [-0.4, -0.2) is 18.2 Å². The van der Waals surface area contributed by atoms with Crippen LogP contribution < -0.4 is 4.90 Å². The predicted molar refractivity (Wildman–Crippen MR) is 63.3 cm³/mol. The summed E-state index contributed by atoms with van der Waals surface area (Å²) in [6, 6.07) is 5.68. The van der Waals surface area contributed by atoms with Gasteiger partial charge in [-0.3, -0.25) is 0 Å². The van der Waals surface area contributed by atoms with Gasteiger partial charge in [-0.25, -0.2) is 0 Å². The molecule has 1 aromatic rings. The standard InChI is InChI=1S/C12H14ClNO/c13-11-4-5-12(10(8-11)9-15)14-6-2-1-3-7-14/h1-2,4-5,8,15H,3,6-7,9H2. The fourth-order valence-electron chi connectivity index (χ4n) is 1.85. The highest BCUT2D eigenvalue weighted by atomic mass is 35.5. The largest absolute Gasteiger partial charge is 0.392 e. The molecular formula is C12H14ClNO. The monoisotopic (exact) mass is 223 g/mol. The summed E-state index contributed by atoms with van der Waals surface area (Å²) in [6.07, 6.45) is 5.40. The lowest BCUT2D eigenvalue weighted by Crippen LogP contribution is -2.27. The van der Waals surface area contributed by atoms with Gasteiger partial charge in [-0.15, -0.1) is 0 Å². The molecule has 80 valence electrons. The Hall–Kier alpha value is -0.990. The number of rotatable bonds is 2. The molecule has 0 aromatic heterocycles. The number of aliphatic hydroxyl groups excluding tert-OH is 1. The van der Waals surface area contributed by atoms with Crippen molar-refractivity contribution in [3.63, 3.8) is 0 Å². The first-order valence-electron chi connectivity index (χ1n) is 5.10. The predicted octanol–water partition coefficient (Wildman–Crippen LogP) is 2.60. The molecule has 1 aromatic carbocycles. The van der Waals surface area contributed by atoms with Crippen molar-refractivity contribution in [2.45, 2.75) is 13.0 Å². The van der Waals surface area contributed by atoms with Crippen molar-refractivity contribution in [3.8, 4) is 0 Å². The minimum atomic E-state index is 0.0378. The second-order valence-electron chi connectivity index (χ2n) is 3.64. The van der Waals surface area contributed by atoms with Crippen LogP contribution in [0.1, 0.15) is 12.0 Å². The molecule has 0 saturated carbocycles. The van der Waals surface area contributed by atoms with Gasteiger partial charge >= 0.3 is 0 Å². The molecule has 0 amide bonds. The molecule has 1 N–H and O–H groups in total. The van der Waals surface area contributed by atoms with E-state index >= 15 is 0 Å². The van der Waals surface area contributed by atoms with E-state index in [0.29, 0.717) is 5.02 Å². The first-order chi connectivity index (χ1) is 7.31. The quantitative estimate of drug-likeness (QED) is 0.780. The number of hydrogen-bond acceptors (Lipinski definition) is 2. The van der Waals surface area contributed by atoms with Crippen LogP contribution in [0.15, 0.2) is 30.4 Å². The molecule has 1 aliphatic rings. The van der Waals surface area contributed by atoms with Crippen LogP contribution >= 0.6 is 11.6 Å². The van der Waals surface area contributed by atoms with Crippen LogP contribution in [0.4, 0.5) is 5.69 Å². The van der Waals surface area contributed by atoms with E-state index in [4.69, 9.17) is 11.6 Å². The van der Waals surface area contributed by atoms with Gasteiger partial charge < -0.3 is 10.0 Å². The Bertz CT molecular complexity index is 376. The molecular weight excluding hydrogens is 210 g/mol. The van der Waals surface area contributed by atoms with Gasteiger partial charge in [0, 0.05) is 29.4 Å². The van der Waals surface area contributed by atoms with Crippen LogP contribution in [0.3, 0.4) is 0 Å². The highest BCUT2D eigenvalue weighted by molar-refractivity contribution is 6.30. The highest BCUT2D eigenvalue weighted by Gasteiger charge is 2.11. The maximum atomic E-state index is 9.27. The molecule has 0 atom stereocenters. The molecule has 1 heterocycles. The van der Waals surface area contributed by atoms with Crippen LogP contribution in [0.25, 0.3) is 0 Å². The zero-order valence-corrected chi connectivity index (χ0v) is 9.24. The summed E-state index contributed by atoms with van der Waals surface area (Å²) in [5.41, 5.74) is 1.99. The number of anilines is 1. The average Bonchev–Trinajstić information content (AvgIpc) is 2.30. The molecule has 0 aliphatic carbocycles. The summed E-state index contributed by atoms with van der Waals surface area (Å²) in [4.78, 5) is 2.25. The normalized spacial score (nSPS) is 15.7. The van der Waals surface area contributed by atoms with Crippen molar-refractivity contribution >= 4 is 17.3 Å². The van der Waals surface area contributed by atoms with E-state index in [1.165, 1.54) is 0 Å². The molecule has 2 nitrogen and oxygen atoms in total. The van der Waals surface area contributed by atoms with E-state index in [1.54, 1.807) is 0 Å². The first-order valence-corrected chi connectivity index (χ1v) is 5.48. The molecule has 3 heteroatoms. The van der Waals surface area contributed by atoms with Crippen LogP contribution in [0.5, 0.6) is 0 Å². The average molecular weight is 224 g/mol. The second-order valence-corrected chi connectivity index (χ2v) is 4.07. The van der Waals surface area contributed by atoms with Crippen molar-refractivity contribution < 1.29 is 5.11 Å². The van der Waals surface area contributed by atoms with Crippen molar-refractivity contribution in [2.75, 3.05) is 18.0 Å². The van der Waals surface area contributed by atoms with E-state index in [1.807, 2.05) is 18.2 Å². The summed E-state index contributed by atoms with van der Waals surface area (Å²) in [5, 5.41) is 9.95. The molecule has 0 spiro atoms. The van der Waals surface area contributed by atoms with E-state index in [-0.39, 0.29) is 6.61 Å². The maximum absolute atomic E-state index is 9.27. The summed E-state index contributed by atoms with van der Waals surface area (Å²) < 4.78 is 0. The van der Waals surface area contributed by atoms with Gasteiger partial charge in [0.1, 0.15) is 0 Å². The fourth-order valence-corrected chi connectivity index (χ4v) is 2.04. The van der Waals surface area contributed by atoms with Gasteiger partial charge in [0.25, 0.3) is 0 Å². The lowest BCUT2D eigenvalue weighted by Gasteiger charge is -2.27. The van der Waals surface area contributed by atoms with Crippen molar-refractivity contribution in [3.05, 3.63) is 40.9 Å². The Kier molecular flexibility index (Phi) is 3.29. The van der Waals surface area contributed by atoms with Gasteiger partial charge in [-0.05, 0) is 24.6 Å². The van der Waals surface area contributed by atoms with E-state index < -0.39 is 0 Å². The zero-order chi connectivity index (χ0) is 10.7. The number of benzene rings is 1. The highest BCUT2D eigenvalue weighted by Crippen LogP contribution is 2.25. The minimum Gasteiger partial charge on any atom is -0.392 e. The van der Waals surface area contributed by atoms with Crippen molar-refractivity contribution in [1.82, 2.24) is 0 Å². The number of hydrogen-bond donors (Lipinski definition) is 1. The van der Waals surface area contributed by atoms with Gasteiger partial charge in [-0.2, -0.15) is 0 Å². The Morgan fingerprint density at radius 1 is 1.33 bits per heavy atom. The number of halogens is 1. The van der Waals surface area contributed by atoms with E-state index in [9.17, 15) is 5.11 Å². The van der Waals surface area contributed by atoms with Crippen LogP contribution in [-0.2, 0) is 6.61 Å². The molecule has 0 radical (unpaired) electrons. The zero-order valence-electron chi connectivity index (χ0n) is 8.49. The first kappa shape index (κ1) is 10.5. The van der Waals surface area contributed by atoms with Gasteiger partial charge in [-0.1, -0.05) is 23.8 Å². The maximum Gasteiger partial charge on any atom is 0.0702 e. The van der Waals surface area contributed by atoms with Crippen LogP contribution in [0, 0.1) is 0 Å². The van der Waals surface area contributed by atoms with Crippen molar-refractivity contribution in [1.29, 1.82) is 0 Å². The Morgan fingerprint density at radius 2 is 2.20 bits per heavy atom. The lowest BCUT2D eigenvalue weighted by molar-refractivity contribution is 0.282. The second kappa shape index (κ2) is 4.69. The third-order valence-corrected chi connectivity index (χ3v) is 2.85. The smallest absolute Gasteiger partial charge is 0.0702 e. The van der Waals surface area contributed by atoms with E-state index in [0.717, 1.165) is 30.8 Å². The summed E-state index contributed by atoms with van der Waals surface area (Å²) in [7, 11) is 0.